The molecule has 0 unspecified atom stereocenters. The van der Waals surface area contributed by atoms with Crippen LogP contribution in [0.15, 0.2) is 23.1 Å². The van der Waals surface area contributed by atoms with E-state index < -0.39 is 0 Å². The summed E-state index contributed by atoms with van der Waals surface area (Å²) in [4.78, 5) is 27.7. The first-order chi connectivity index (χ1) is 8.61. The van der Waals surface area contributed by atoms with Crippen molar-refractivity contribution in [2.75, 3.05) is 32.7 Å². The number of likely N-dealkylation sites (N-methyl/N-ethyl adjacent to an activating group) is 1. The maximum absolute atomic E-state index is 12.3. The second-order valence-electron chi connectivity index (χ2n) is 4.59. The van der Waals surface area contributed by atoms with Crippen molar-refractivity contribution in [1.29, 1.82) is 0 Å². The van der Waals surface area contributed by atoms with Gasteiger partial charge >= 0.3 is 0 Å². The quantitative estimate of drug-likeness (QED) is 0.750. The summed E-state index contributed by atoms with van der Waals surface area (Å²) < 4.78 is 1.44. The molecule has 5 heteroatoms. The fraction of sp³-hybridized carbons (Fsp3) is 0.538. The van der Waals surface area contributed by atoms with Crippen LogP contribution in [0, 0.1) is 0 Å². The standard InChI is InChI=1S/C13H19N3O2/c1-3-15-6-8-16(9-7-15)13(18)11-4-5-12(17)14(2)10-11/h4-5,10H,3,6-9H2,1-2H3. The highest BCUT2D eigenvalue weighted by Gasteiger charge is 2.21. The lowest BCUT2D eigenvalue weighted by molar-refractivity contribution is 0.0642. The number of carbonyl (C=O) groups excluding carboxylic acids is 1. The molecule has 1 aromatic rings. The minimum absolute atomic E-state index is 0.0151. The summed E-state index contributed by atoms with van der Waals surface area (Å²) in [7, 11) is 1.66. The number of rotatable bonds is 2. The number of aromatic nitrogens is 1. The number of aryl methyl sites for hydroxylation is 1. The topological polar surface area (TPSA) is 45.6 Å². The first kappa shape index (κ1) is 12.8. The Morgan fingerprint density at radius 1 is 1.22 bits per heavy atom. The van der Waals surface area contributed by atoms with Crippen LogP contribution in [0.1, 0.15) is 17.3 Å². The Morgan fingerprint density at radius 2 is 1.89 bits per heavy atom. The van der Waals surface area contributed by atoms with Gasteiger partial charge in [-0.15, -0.1) is 0 Å². The van der Waals surface area contributed by atoms with Gasteiger partial charge in [-0.25, -0.2) is 0 Å². The SMILES string of the molecule is CCN1CCN(C(=O)c2ccc(=O)n(C)c2)CC1. The van der Waals surface area contributed by atoms with E-state index in [1.165, 1.54) is 10.6 Å². The Labute approximate surface area is 107 Å². The molecule has 0 bridgehead atoms. The molecule has 0 radical (unpaired) electrons. The van der Waals surface area contributed by atoms with Crippen molar-refractivity contribution in [2.24, 2.45) is 7.05 Å². The fourth-order valence-electron chi connectivity index (χ4n) is 2.17. The first-order valence-corrected chi connectivity index (χ1v) is 6.30. The van der Waals surface area contributed by atoms with Gasteiger partial charge in [0, 0.05) is 45.5 Å². The van der Waals surface area contributed by atoms with Crippen molar-refractivity contribution in [3.8, 4) is 0 Å². The van der Waals surface area contributed by atoms with Gasteiger partial charge in [-0.2, -0.15) is 0 Å². The van der Waals surface area contributed by atoms with Crippen LogP contribution in [-0.4, -0.2) is 53.0 Å². The first-order valence-electron chi connectivity index (χ1n) is 6.30. The van der Waals surface area contributed by atoms with Gasteiger partial charge in [0.05, 0.1) is 5.56 Å². The lowest BCUT2D eigenvalue weighted by Crippen LogP contribution is -2.48. The zero-order valence-electron chi connectivity index (χ0n) is 10.9. The van der Waals surface area contributed by atoms with Crippen LogP contribution in [0.5, 0.6) is 0 Å². The predicted octanol–water partition coefficient (Wildman–Crippen LogP) is 0.163. The van der Waals surface area contributed by atoms with E-state index in [4.69, 9.17) is 0 Å². The molecule has 1 aromatic heterocycles. The highest BCUT2D eigenvalue weighted by Crippen LogP contribution is 2.07. The molecule has 0 N–H and O–H groups in total. The summed E-state index contributed by atoms with van der Waals surface area (Å²) in [5, 5.41) is 0. The van der Waals surface area contributed by atoms with Gasteiger partial charge in [0.25, 0.3) is 5.91 Å². The summed E-state index contributed by atoms with van der Waals surface area (Å²) >= 11 is 0. The van der Waals surface area contributed by atoms with Crippen LogP contribution in [0.4, 0.5) is 0 Å². The molecule has 98 valence electrons. The van der Waals surface area contributed by atoms with E-state index in [1.54, 1.807) is 19.3 Å². The minimum Gasteiger partial charge on any atom is -0.336 e. The second kappa shape index (κ2) is 5.35. The van der Waals surface area contributed by atoms with Crippen LogP contribution in [0.2, 0.25) is 0 Å². The van der Waals surface area contributed by atoms with E-state index in [0.29, 0.717) is 5.56 Å². The smallest absolute Gasteiger partial charge is 0.255 e. The number of nitrogens with zero attached hydrogens (tertiary/aromatic N) is 3. The maximum atomic E-state index is 12.3. The lowest BCUT2D eigenvalue weighted by Gasteiger charge is -2.34. The van der Waals surface area contributed by atoms with Crippen molar-refractivity contribution in [3.05, 3.63) is 34.2 Å². The molecule has 1 aliphatic heterocycles. The third-order valence-electron chi connectivity index (χ3n) is 3.44. The third-order valence-corrected chi connectivity index (χ3v) is 3.44. The zero-order valence-corrected chi connectivity index (χ0v) is 10.9. The molecule has 0 aliphatic carbocycles. The second-order valence-corrected chi connectivity index (χ2v) is 4.59. The zero-order chi connectivity index (χ0) is 13.1. The number of amides is 1. The fourth-order valence-corrected chi connectivity index (χ4v) is 2.17. The molecule has 2 rings (SSSR count). The highest BCUT2D eigenvalue weighted by atomic mass is 16.2. The van der Waals surface area contributed by atoms with Crippen molar-refractivity contribution >= 4 is 5.91 Å². The molecule has 5 nitrogen and oxygen atoms in total. The third kappa shape index (κ3) is 2.61. The molecule has 2 heterocycles. The Morgan fingerprint density at radius 3 is 2.44 bits per heavy atom. The van der Waals surface area contributed by atoms with E-state index in [-0.39, 0.29) is 11.5 Å². The summed E-state index contributed by atoms with van der Waals surface area (Å²) in [6, 6.07) is 3.05. The van der Waals surface area contributed by atoms with Crippen molar-refractivity contribution in [3.63, 3.8) is 0 Å². The summed E-state index contributed by atoms with van der Waals surface area (Å²) in [5.74, 6) is 0.0151. The van der Waals surface area contributed by atoms with Gasteiger partial charge in [0.15, 0.2) is 0 Å². The summed E-state index contributed by atoms with van der Waals surface area (Å²) in [6.07, 6.45) is 1.61. The van der Waals surface area contributed by atoms with Gasteiger partial charge in [0.1, 0.15) is 0 Å². The molecule has 1 fully saturated rings. The van der Waals surface area contributed by atoms with Crippen LogP contribution in [0.3, 0.4) is 0 Å². The largest absolute Gasteiger partial charge is 0.336 e. The highest BCUT2D eigenvalue weighted by molar-refractivity contribution is 5.94. The van der Waals surface area contributed by atoms with Crippen LogP contribution in [-0.2, 0) is 7.05 Å². The van der Waals surface area contributed by atoms with Crippen molar-refractivity contribution < 1.29 is 4.79 Å². The molecule has 0 spiro atoms. The Kier molecular flexibility index (Phi) is 3.81. The van der Waals surface area contributed by atoms with Gasteiger partial charge in [-0.05, 0) is 12.6 Å². The molecule has 0 aromatic carbocycles. The lowest BCUT2D eigenvalue weighted by atomic mass is 10.2. The normalized spacial score (nSPS) is 16.9. The molecule has 0 saturated carbocycles. The number of hydrogen-bond acceptors (Lipinski definition) is 3. The number of hydrogen-bond donors (Lipinski definition) is 0. The van der Waals surface area contributed by atoms with E-state index in [0.717, 1.165) is 32.7 Å². The monoisotopic (exact) mass is 249 g/mol. The van der Waals surface area contributed by atoms with E-state index >= 15 is 0 Å². The van der Waals surface area contributed by atoms with Crippen molar-refractivity contribution in [2.45, 2.75) is 6.92 Å². The average molecular weight is 249 g/mol. The van der Waals surface area contributed by atoms with E-state index in [9.17, 15) is 9.59 Å². The van der Waals surface area contributed by atoms with Gasteiger partial charge in [-0.3, -0.25) is 9.59 Å². The van der Waals surface area contributed by atoms with Gasteiger partial charge < -0.3 is 14.4 Å². The Balaban J connectivity index is 2.07. The molecule has 1 amide bonds. The van der Waals surface area contributed by atoms with Gasteiger partial charge in [-0.1, -0.05) is 6.92 Å². The molecule has 1 saturated heterocycles. The van der Waals surface area contributed by atoms with Gasteiger partial charge in [0.2, 0.25) is 5.56 Å². The number of pyridine rings is 1. The van der Waals surface area contributed by atoms with E-state index in [2.05, 4.69) is 11.8 Å². The van der Waals surface area contributed by atoms with Crippen molar-refractivity contribution in [1.82, 2.24) is 14.4 Å². The van der Waals surface area contributed by atoms with Crippen LogP contribution in [0.25, 0.3) is 0 Å². The summed E-state index contributed by atoms with van der Waals surface area (Å²) in [6.45, 7) is 6.53. The maximum Gasteiger partial charge on any atom is 0.255 e. The Bertz CT molecular complexity index is 487. The average Bonchev–Trinajstić information content (AvgIpc) is 2.41. The summed E-state index contributed by atoms with van der Waals surface area (Å²) in [5.41, 5.74) is 0.490. The predicted molar refractivity (Wildman–Crippen MR) is 69.7 cm³/mol. The molecule has 0 atom stereocenters. The molecular formula is C13H19N3O2. The molecule has 18 heavy (non-hydrogen) atoms. The van der Waals surface area contributed by atoms with Crippen LogP contribution >= 0.6 is 0 Å². The molecular weight excluding hydrogens is 230 g/mol. The van der Waals surface area contributed by atoms with Crippen LogP contribution < -0.4 is 5.56 Å². The molecule has 1 aliphatic rings. The van der Waals surface area contributed by atoms with E-state index in [1.807, 2.05) is 4.90 Å². The number of piperazine rings is 1. The minimum atomic E-state index is -0.0950. The number of carbonyl (C=O) groups is 1. The Hall–Kier alpha value is -1.62.